The van der Waals surface area contributed by atoms with Gasteiger partial charge in [0.25, 0.3) is 0 Å². The summed E-state index contributed by atoms with van der Waals surface area (Å²) in [5.74, 6) is 0.456. The van der Waals surface area contributed by atoms with Gasteiger partial charge in [-0.25, -0.2) is 4.98 Å². The summed E-state index contributed by atoms with van der Waals surface area (Å²) < 4.78 is 0. The maximum absolute atomic E-state index is 6.20. The van der Waals surface area contributed by atoms with E-state index in [1.54, 1.807) is 18.5 Å². The average molecular weight is 297 g/mol. The van der Waals surface area contributed by atoms with Crippen molar-refractivity contribution in [1.29, 1.82) is 0 Å². The molecule has 4 nitrogen and oxygen atoms in total. The second-order valence-electron chi connectivity index (χ2n) is 4.23. The van der Waals surface area contributed by atoms with Gasteiger partial charge in [-0.15, -0.1) is 0 Å². The van der Waals surface area contributed by atoms with Crippen molar-refractivity contribution in [2.45, 2.75) is 13.0 Å². The van der Waals surface area contributed by atoms with Gasteiger partial charge in [-0.3, -0.25) is 4.98 Å². The van der Waals surface area contributed by atoms with Crippen molar-refractivity contribution in [1.82, 2.24) is 15.3 Å². The van der Waals surface area contributed by atoms with Crippen molar-refractivity contribution in [3.05, 3.63) is 51.4 Å². The Morgan fingerprint density at radius 1 is 1.21 bits per heavy atom. The van der Waals surface area contributed by atoms with E-state index in [1.165, 1.54) is 0 Å². The zero-order valence-electron chi connectivity index (χ0n) is 10.6. The van der Waals surface area contributed by atoms with Crippen LogP contribution in [0, 0.1) is 6.92 Å². The third-order valence-electron chi connectivity index (χ3n) is 2.80. The first-order valence-corrected chi connectivity index (χ1v) is 6.48. The van der Waals surface area contributed by atoms with Crippen molar-refractivity contribution >= 4 is 29.0 Å². The lowest BCUT2D eigenvalue weighted by Gasteiger charge is -2.19. The SMILES string of the molecule is CNC(c1cc(C)cnc1N)c1ncc(Cl)cc1Cl. The van der Waals surface area contributed by atoms with Crippen LogP contribution in [-0.4, -0.2) is 17.0 Å². The molecule has 0 fully saturated rings. The summed E-state index contributed by atoms with van der Waals surface area (Å²) >= 11 is 12.1. The molecule has 2 rings (SSSR count). The van der Waals surface area contributed by atoms with Crippen LogP contribution in [-0.2, 0) is 0 Å². The minimum atomic E-state index is -0.225. The van der Waals surface area contributed by atoms with Gasteiger partial charge < -0.3 is 11.1 Å². The molecule has 0 saturated carbocycles. The van der Waals surface area contributed by atoms with E-state index in [4.69, 9.17) is 28.9 Å². The number of nitrogens with two attached hydrogens (primary N) is 1. The molecule has 0 aliphatic carbocycles. The Hall–Kier alpha value is -1.36. The number of hydrogen-bond donors (Lipinski definition) is 2. The Kier molecular flexibility index (Phi) is 4.24. The van der Waals surface area contributed by atoms with Crippen molar-refractivity contribution in [2.24, 2.45) is 0 Å². The summed E-state index contributed by atoms with van der Waals surface area (Å²) in [6.45, 7) is 1.96. The lowest BCUT2D eigenvalue weighted by molar-refractivity contribution is 0.670. The van der Waals surface area contributed by atoms with Crippen LogP contribution in [0.4, 0.5) is 5.82 Å². The van der Waals surface area contributed by atoms with Crippen LogP contribution in [0.25, 0.3) is 0 Å². The van der Waals surface area contributed by atoms with E-state index in [0.29, 0.717) is 21.6 Å². The smallest absolute Gasteiger partial charge is 0.128 e. The number of anilines is 1. The lowest BCUT2D eigenvalue weighted by Crippen LogP contribution is -2.21. The quantitative estimate of drug-likeness (QED) is 0.914. The third kappa shape index (κ3) is 2.97. The second kappa shape index (κ2) is 5.74. The highest BCUT2D eigenvalue weighted by Crippen LogP contribution is 2.30. The third-order valence-corrected chi connectivity index (χ3v) is 3.31. The van der Waals surface area contributed by atoms with Crippen LogP contribution in [0.3, 0.4) is 0 Å². The summed E-state index contributed by atoms with van der Waals surface area (Å²) in [6, 6.07) is 3.41. The van der Waals surface area contributed by atoms with E-state index in [9.17, 15) is 0 Å². The first-order valence-electron chi connectivity index (χ1n) is 5.73. The predicted octanol–water partition coefficient (Wildman–Crippen LogP) is 2.98. The first kappa shape index (κ1) is 14.1. The predicted molar refractivity (Wildman–Crippen MR) is 78.5 cm³/mol. The van der Waals surface area contributed by atoms with E-state index in [2.05, 4.69) is 15.3 Å². The summed E-state index contributed by atoms with van der Waals surface area (Å²) in [7, 11) is 1.82. The summed E-state index contributed by atoms with van der Waals surface area (Å²) in [5, 5.41) is 4.15. The van der Waals surface area contributed by atoms with Gasteiger partial charge in [0.1, 0.15) is 5.82 Å². The minimum absolute atomic E-state index is 0.225. The fraction of sp³-hybridized carbons (Fsp3) is 0.231. The van der Waals surface area contributed by atoms with Gasteiger partial charge in [-0.1, -0.05) is 23.2 Å². The number of halogens is 2. The number of rotatable bonds is 3. The van der Waals surface area contributed by atoms with Gasteiger partial charge in [0.2, 0.25) is 0 Å². The van der Waals surface area contributed by atoms with Gasteiger partial charge in [0.05, 0.1) is 21.8 Å². The van der Waals surface area contributed by atoms with Crippen LogP contribution in [0.15, 0.2) is 24.5 Å². The molecule has 1 atom stereocenters. The van der Waals surface area contributed by atoms with Crippen LogP contribution < -0.4 is 11.1 Å². The number of aromatic nitrogens is 2. The van der Waals surface area contributed by atoms with E-state index >= 15 is 0 Å². The maximum Gasteiger partial charge on any atom is 0.128 e. The van der Waals surface area contributed by atoms with Gasteiger partial charge in [-0.05, 0) is 31.7 Å². The highest BCUT2D eigenvalue weighted by atomic mass is 35.5. The second-order valence-corrected chi connectivity index (χ2v) is 5.07. The lowest BCUT2D eigenvalue weighted by atomic mass is 10.0. The molecule has 0 aromatic carbocycles. The summed E-state index contributed by atoms with van der Waals surface area (Å²) in [4.78, 5) is 8.45. The Balaban J connectivity index is 2.52. The van der Waals surface area contributed by atoms with Gasteiger partial charge in [0, 0.05) is 18.0 Å². The molecule has 6 heteroatoms. The fourth-order valence-corrected chi connectivity index (χ4v) is 2.40. The number of hydrogen-bond acceptors (Lipinski definition) is 4. The van der Waals surface area contributed by atoms with Gasteiger partial charge in [0.15, 0.2) is 0 Å². The monoisotopic (exact) mass is 296 g/mol. The van der Waals surface area contributed by atoms with Gasteiger partial charge >= 0.3 is 0 Å². The van der Waals surface area contributed by atoms with E-state index in [0.717, 1.165) is 11.1 Å². The Bertz CT molecular complexity index is 601. The molecular formula is C13H14Cl2N4. The molecule has 19 heavy (non-hydrogen) atoms. The Morgan fingerprint density at radius 2 is 1.95 bits per heavy atom. The van der Waals surface area contributed by atoms with Crippen molar-refractivity contribution in [3.8, 4) is 0 Å². The van der Waals surface area contributed by atoms with E-state index < -0.39 is 0 Å². The van der Waals surface area contributed by atoms with Crippen LogP contribution in [0.1, 0.15) is 22.9 Å². The van der Waals surface area contributed by atoms with Gasteiger partial charge in [-0.2, -0.15) is 0 Å². The normalized spacial score (nSPS) is 12.4. The number of nitrogens with zero attached hydrogens (tertiary/aromatic N) is 2. The summed E-state index contributed by atoms with van der Waals surface area (Å²) in [5.41, 5.74) is 8.48. The molecule has 3 N–H and O–H groups in total. The largest absolute Gasteiger partial charge is 0.383 e. The van der Waals surface area contributed by atoms with Crippen molar-refractivity contribution in [3.63, 3.8) is 0 Å². The fourth-order valence-electron chi connectivity index (χ4n) is 1.91. The van der Waals surface area contributed by atoms with E-state index in [1.807, 2.05) is 20.0 Å². The first-order chi connectivity index (χ1) is 9.02. The van der Waals surface area contributed by atoms with Crippen LogP contribution >= 0.6 is 23.2 Å². The number of pyridine rings is 2. The topological polar surface area (TPSA) is 63.8 Å². The molecule has 100 valence electrons. The number of aryl methyl sites for hydroxylation is 1. The minimum Gasteiger partial charge on any atom is -0.383 e. The molecule has 2 heterocycles. The van der Waals surface area contributed by atoms with Crippen molar-refractivity contribution in [2.75, 3.05) is 12.8 Å². The molecule has 0 bridgehead atoms. The maximum atomic E-state index is 6.20. The molecule has 0 saturated heterocycles. The number of nitrogens with one attached hydrogen (secondary N) is 1. The molecular weight excluding hydrogens is 283 g/mol. The molecule has 2 aromatic heterocycles. The molecule has 1 unspecified atom stereocenters. The van der Waals surface area contributed by atoms with Crippen LogP contribution in [0.2, 0.25) is 10.0 Å². The van der Waals surface area contributed by atoms with E-state index in [-0.39, 0.29) is 6.04 Å². The molecule has 0 spiro atoms. The van der Waals surface area contributed by atoms with Crippen LogP contribution in [0.5, 0.6) is 0 Å². The highest BCUT2D eigenvalue weighted by Gasteiger charge is 2.20. The van der Waals surface area contributed by atoms with Crippen molar-refractivity contribution < 1.29 is 0 Å². The Morgan fingerprint density at radius 3 is 2.58 bits per heavy atom. The summed E-state index contributed by atoms with van der Waals surface area (Å²) in [6.07, 6.45) is 3.29. The molecule has 0 aliphatic heterocycles. The molecule has 0 amide bonds. The number of nitrogen functional groups attached to an aromatic ring is 1. The zero-order valence-corrected chi connectivity index (χ0v) is 12.1. The Labute approximate surface area is 122 Å². The highest BCUT2D eigenvalue weighted by molar-refractivity contribution is 6.34. The average Bonchev–Trinajstić information content (AvgIpc) is 2.36. The zero-order chi connectivity index (χ0) is 14.0. The molecule has 0 aliphatic rings. The molecule has 0 radical (unpaired) electrons. The standard InChI is InChI=1S/C13H14Cl2N4/c1-7-3-9(13(16)19-5-7)11(17-2)12-10(15)4-8(14)6-18-12/h3-6,11,17H,1-2H3,(H2,16,19). The molecule has 2 aromatic rings.